The molecule has 1 unspecified atom stereocenters. The maximum Gasteiger partial charge on any atom is 0.242 e. The van der Waals surface area contributed by atoms with E-state index in [1.807, 2.05) is 0 Å². The van der Waals surface area contributed by atoms with Crippen molar-refractivity contribution >= 4 is 15.9 Å². The Labute approximate surface area is 99.8 Å². The van der Waals surface area contributed by atoms with Crippen LogP contribution >= 0.6 is 0 Å². The van der Waals surface area contributed by atoms with E-state index in [1.165, 1.54) is 18.5 Å². The number of hydrogen-bond acceptors (Lipinski definition) is 4. The van der Waals surface area contributed by atoms with Gasteiger partial charge in [0.2, 0.25) is 10.0 Å². The van der Waals surface area contributed by atoms with E-state index in [0.717, 1.165) is 12.8 Å². The van der Waals surface area contributed by atoms with Crippen LogP contribution in [-0.2, 0) is 10.0 Å². The van der Waals surface area contributed by atoms with Gasteiger partial charge in [-0.2, -0.15) is 0 Å². The molecule has 1 aliphatic rings. The lowest BCUT2D eigenvalue weighted by Crippen LogP contribution is -2.45. The van der Waals surface area contributed by atoms with E-state index in [-0.39, 0.29) is 16.6 Å². The molecular weight excluding hydrogens is 240 g/mol. The maximum absolute atomic E-state index is 12.0. The van der Waals surface area contributed by atoms with Gasteiger partial charge in [-0.15, -0.1) is 0 Å². The molecule has 92 valence electrons. The first kappa shape index (κ1) is 12.0. The van der Waals surface area contributed by atoms with Crippen molar-refractivity contribution in [2.45, 2.75) is 23.8 Å². The first-order chi connectivity index (χ1) is 8.00. The summed E-state index contributed by atoms with van der Waals surface area (Å²) >= 11 is 0. The van der Waals surface area contributed by atoms with Gasteiger partial charge in [-0.05, 0) is 30.9 Å². The normalized spacial score (nSPS) is 17.6. The molecule has 0 aliphatic heterocycles. The van der Waals surface area contributed by atoms with Crippen molar-refractivity contribution in [1.82, 2.24) is 9.71 Å². The fourth-order valence-electron chi connectivity index (χ4n) is 1.58. The zero-order valence-electron chi connectivity index (χ0n) is 9.13. The van der Waals surface area contributed by atoms with E-state index >= 15 is 0 Å². The zero-order valence-corrected chi connectivity index (χ0v) is 9.94. The summed E-state index contributed by atoms with van der Waals surface area (Å²) in [5.41, 5.74) is 5.40. The molecule has 0 bridgehead atoms. The number of nitrogens with two attached hydrogens (primary N) is 1. The minimum atomic E-state index is -3.64. The molecule has 1 fully saturated rings. The zero-order chi connectivity index (χ0) is 12.5. The van der Waals surface area contributed by atoms with Crippen LogP contribution in [0.1, 0.15) is 12.8 Å². The average Bonchev–Trinajstić information content (AvgIpc) is 3.11. The van der Waals surface area contributed by atoms with E-state index in [4.69, 9.17) is 11.1 Å². The van der Waals surface area contributed by atoms with Gasteiger partial charge in [-0.3, -0.25) is 10.4 Å². The molecular formula is C10H14N4O2S. The van der Waals surface area contributed by atoms with Crippen LogP contribution in [0.5, 0.6) is 0 Å². The van der Waals surface area contributed by atoms with E-state index in [9.17, 15) is 8.42 Å². The van der Waals surface area contributed by atoms with Gasteiger partial charge >= 0.3 is 0 Å². The highest BCUT2D eigenvalue weighted by molar-refractivity contribution is 7.89. The summed E-state index contributed by atoms with van der Waals surface area (Å²) in [6, 6.07) is 2.41. The van der Waals surface area contributed by atoms with Gasteiger partial charge in [0, 0.05) is 12.4 Å². The third-order valence-electron chi connectivity index (χ3n) is 2.66. The van der Waals surface area contributed by atoms with E-state index in [1.54, 1.807) is 6.07 Å². The van der Waals surface area contributed by atoms with Crippen LogP contribution in [0.15, 0.2) is 29.4 Å². The van der Waals surface area contributed by atoms with E-state index < -0.39 is 16.1 Å². The molecule has 2 rings (SSSR count). The fourth-order valence-corrected chi connectivity index (χ4v) is 2.83. The first-order valence-corrected chi connectivity index (χ1v) is 6.75. The molecule has 1 aliphatic carbocycles. The van der Waals surface area contributed by atoms with Crippen LogP contribution in [0.3, 0.4) is 0 Å². The maximum atomic E-state index is 12.0. The van der Waals surface area contributed by atoms with Crippen LogP contribution in [0.25, 0.3) is 0 Å². The average molecular weight is 254 g/mol. The highest BCUT2D eigenvalue weighted by atomic mass is 32.2. The Morgan fingerprint density at radius 3 is 2.76 bits per heavy atom. The minimum Gasteiger partial charge on any atom is -0.386 e. The molecule has 0 spiro atoms. The van der Waals surface area contributed by atoms with Crippen molar-refractivity contribution in [1.29, 1.82) is 5.41 Å². The molecule has 0 aromatic carbocycles. The number of aromatic nitrogens is 1. The second-order valence-corrected chi connectivity index (χ2v) is 5.79. The lowest BCUT2D eigenvalue weighted by atomic mass is 10.2. The standard InChI is InChI=1S/C10H14N4O2S/c11-10(12)9(7-3-4-7)14-17(15,16)8-2-1-5-13-6-8/h1-2,5-7,9,14H,3-4H2,(H3,11,12). The number of rotatable bonds is 5. The first-order valence-electron chi connectivity index (χ1n) is 5.27. The quantitative estimate of drug-likeness (QED) is 0.510. The number of pyridine rings is 1. The monoisotopic (exact) mass is 254 g/mol. The Kier molecular flexibility index (Phi) is 3.12. The molecule has 1 aromatic rings. The molecule has 4 N–H and O–H groups in total. The minimum absolute atomic E-state index is 0.0897. The van der Waals surface area contributed by atoms with Crippen LogP contribution < -0.4 is 10.5 Å². The van der Waals surface area contributed by atoms with Crippen molar-refractivity contribution in [2.75, 3.05) is 0 Å². The van der Waals surface area contributed by atoms with Crippen molar-refractivity contribution < 1.29 is 8.42 Å². The second kappa shape index (κ2) is 4.42. The van der Waals surface area contributed by atoms with Gasteiger partial charge in [0.1, 0.15) is 10.7 Å². The summed E-state index contributed by atoms with van der Waals surface area (Å²) in [7, 11) is -3.64. The molecule has 7 heteroatoms. The predicted molar refractivity (Wildman–Crippen MR) is 63.0 cm³/mol. The SMILES string of the molecule is N=C(N)C(NS(=O)(=O)c1cccnc1)C1CC1. The Bertz CT molecular complexity index is 510. The molecule has 1 heterocycles. The number of nitrogens with zero attached hydrogens (tertiary/aromatic N) is 1. The lowest BCUT2D eigenvalue weighted by molar-refractivity contribution is 0.562. The van der Waals surface area contributed by atoms with Gasteiger partial charge in [0.15, 0.2) is 0 Å². The molecule has 0 saturated heterocycles. The molecule has 0 radical (unpaired) electrons. The summed E-state index contributed by atoms with van der Waals surface area (Å²) in [6.07, 6.45) is 4.58. The van der Waals surface area contributed by atoms with Gasteiger partial charge < -0.3 is 5.73 Å². The summed E-state index contributed by atoms with van der Waals surface area (Å²) < 4.78 is 26.4. The third-order valence-corrected chi connectivity index (χ3v) is 4.08. The van der Waals surface area contributed by atoms with Gasteiger partial charge in [0.05, 0.1) is 6.04 Å². The van der Waals surface area contributed by atoms with Crippen molar-refractivity contribution in [3.63, 3.8) is 0 Å². The number of amidine groups is 1. The van der Waals surface area contributed by atoms with Crippen LogP contribution in [0.2, 0.25) is 0 Å². The summed E-state index contributed by atoms with van der Waals surface area (Å²) in [6.45, 7) is 0. The highest BCUT2D eigenvalue weighted by Gasteiger charge is 2.36. The molecule has 1 saturated carbocycles. The largest absolute Gasteiger partial charge is 0.386 e. The van der Waals surface area contributed by atoms with Crippen LogP contribution in [-0.4, -0.2) is 25.3 Å². The lowest BCUT2D eigenvalue weighted by Gasteiger charge is -2.16. The van der Waals surface area contributed by atoms with Crippen LogP contribution in [0, 0.1) is 11.3 Å². The van der Waals surface area contributed by atoms with E-state index in [2.05, 4.69) is 9.71 Å². The topological polar surface area (TPSA) is 109 Å². The van der Waals surface area contributed by atoms with Gasteiger partial charge in [-0.25, -0.2) is 13.1 Å². The smallest absolute Gasteiger partial charge is 0.242 e. The Morgan fingerprint density at radius 2 is 2.29 bits per heavy atom. The summed E-state index contributed by atoms with van der Waals surface area (Å²) in [5.74, 6) is 0.0129. The summed E-state index contributed by atoms with van der Waals surface area (Å²) in [5, 5.41) is 7.40. The predicted octanol–water partition coefficient (Wildman–Crippen LogP) is 0.0745. The summed E-state index contributed by atoms with van der Waals surface area (Å²) in [4.78, 5) is 3.85. The van der Waals surface area contributed by atoms with Gasteiger partial charge in [-0.1, -0.05) is 0 Å². The Hall–Kier alpha value is -1.47. The van der Waals surface area contributed by atoms with Crippen molar-refractivity contribution in [3.05, 3.63) is 24.5 Å². The van der Waals surface area contributed by atoms with E-state index in [0.29, 0.717) is 0 Å². The third kappa shape index (κ3) is 2.80. The molecule has 0 amide bonds. The highest BCUT2D eigenvalue weighted by Crippen LogP contribution is 2.33. The van der Waals surface area contributed by atoms with Crippen molar-refractivity contribution in [3.8, 4) is 0 Å². The Balaban J connectivity index is 2.19. The van der Waals surface area contributed by atoms with Gasteiger partial charge in [0.25, 0.3) is 0 Å². The number of sulfonamides is 1. The van der Waals surface area contributed by atoms with Crippen LogP contribution in [0.4, 0.5) is 0 Å². The number of hydrogen-bond donors (Lipinski definition) is 3. The fraction of sp³-hybridized carbons (Fsp3) is 0.400. The molecule has 17 heavy (non-hydrogen) atoms. The molecule has 1 atom stereocenters. The Morgan fingerprint density at radius 1 is 1.59 bits per heavy atom. The second-order valence-electron chi connectivity index (χ2n) is 4.08. The van der Waals surface area contributed by atoms with Crippen molar-refractivity contribution in [2.24, 2.45) is 11.7 Å². The number of nitrogens with one attached hydrogen (secondary N) is 2. The molecule has 6 nitrogen and oxygen atoms in total. The molecule has 1 aromatic heterocycles.